The Morgan fingerprint density at radius 3 is 2.79 bits per heavy atom. The number of aliphatic hydroxyl groups is 1. The second-order valence-corrected chi connectivity index (χ2v) is 4.91. The van der Waals surface area contributed by atoms with Crippen molar-refractivity contribution in [1.29, 1.82) is 0 Å². The van der Waals surface area contributed by atoms with E-state index in [1.165, 1.54) is 6.42 Å². The van der Waals surface area contributed by atoms with Gasteiger partial charge in [-0.15, -0.1) is 0 Å². The number of rotatable bonds is 3. The minimum absolute atomic E-state index is 0.192. The number of ether oxygens (including phenoxy) is 1. The van der Waals surface area contributed by atoms with E-state index in [1.807, 2.05) is 0 Å². The van der Waals surface area contributed by atoms with Crippen LogP contribution < -0.4 is 0 Å². The van der Waals surface area contributed by atoms with Crippen molar-refractivity contribution in [3.8, 4) is 0 Å². The monoisotopic (exact) mass is 199 g/mol. The smallest absolute Gasteiger partial charge is 0.0739 e. The van der Waals surface area contributed by atoms with Gasteiger partial charge in [0.25, 0.3) is 0 Å². The summed E-state index contributed by atoms with van der Waals surface area (Å²) in [5, 5.41) is 9.82. The Kier molecular flexibility index (Phi) is 3.10. The van der Waals surface area contributed by atoms with Crippen LogP contribution in [0.1, 0.15) is 19.8 Å². The summed E-state index contributed by atoms with van der Waals surface area (Å²) in [5.74, 6) is 1.74. The lowest BCUT2D eigenvalue weighted by molar-refractivity contribution is -0.0552. The molecule has 14 heavy (non-hydrogen) atoms. The van der Waals surface area contributed by atoms with Gasteiger partial charge in [-0.25, -0.2) is 0 Å². The van der Waals surface area contributed by atoms with Gasteiger partial charge in [-0.1, -0.05) is 6.92 Å². The predicted octanol–water partition coefficient (Wildman–Crippen LogP) is 0.724. The van der Waals surface area contributed by atoms with Crippen LogP contribution in [0.15, 0.2) is 0 Å². The molecule has 4 atom stereocenters. The Labute approximate surface area is 86.0 Å². The van der Waals surface area contributed by atoms with Gasteiger partial charge in [0.15, 0.2) is 0 Å². The van der Waals surface area contributed by atoms with Gasteiger partial charge in [0.1, 0.15) is 0 Å². The van der Waals surface area contributed by atoms with E-state index < -0.39 is 0 Å². The van der Waals surface area contributed by atoms with Gasteiger partial charge in [-0.05, 0) is 31.7 Å². The van der Waals surface area contributed by atoms with Crippen molar-refractivity contribution in [3.63, 3.8) is 0 Å². The SMILES string of the molecule is CC1CC1CN(C)C1COCCC1O. The lowest BCUT2D eigenvalue weighted by Gasteiger charge is -2.35. The number of nitrogens with zero attached hydrogens (tertiary/aromatic N) is 1. The molecule has 3 nitrogen and oxygen atoms in total. The summed E-state index contributed by atoms with van der Waals surface area (Å²) in [6.07, 6.45) is 1.95. The zero-order valence-electron chi connectivity index (χ0n) is 9.15. The molecule has 0 aromatic heterocycles. The highest BCUT2D eigenvalue weighted by atomic mass is 16.5. The molecule has 82 valence electrons. The van der Waals surface area contributed by atoms with Crippen LogP contribution in [0.25, 0.3) is 0 Å². The number of aliphatic hydroxyl groups excluding tert-OH is 1. The topological polar surface area (TPSA) is 32.7 Å². The number of hydrogen-bond acceptors (Lipinski definition) is 3. The van der Waals surface area contributed by atoms with Gasteiger partial charge in [0.05, 0.1) is 18.8 Å². The summed E-state index contributed by atoms with van der Waals surface area (Å²) >= 11 is 0. The van der Waals surface area contributed by atoms with E-state index >= 15 is 0 Å². The molecule has 1 aliphatic heterocycles. The summed E-state index contributed by atoms with van der Waals surface area (Å²) in [6, 6.07) is 0.219. The summed E-state index contributed by atoms with van der Waals surface area (Å²) in [7, 11) is 2.10. The first kappa shape index (κ1) is 10.4. The molecular weight excluding hydrogens is 178 g/mol. The molecule has 1 saturated heterocycles. The van der Waals surface area contributed by atoms with E-state index in [0.717, 1.165) is 24.8 Å². The Balaban J connectivity index is 1.80. The zero-order chi connectivity index (χ0) is 10.1. The Bertz CT molecular complexity index is 198. The Morgan fingerprint density at radius 2 is 2.21 bits per heavy atom. The van der Waals surface area contributed by atoms with Crippen molar-refractivity contribution in [2.45, 2.75) is 31.9 Å². The minimum atomic E-state index is -0.192. The summed E-state index contributed by atoms with van der Waals surface area (Å²) < 4.78 is 5.40. The third-order valence-electron chi connectivity index (χ3n) is 3.66. The van der Waals surface area contributed by atoms with Crippen molar-refractivity contribution < 1.29 is 9.84 Å². The first-order chi connectivity index (χ1) is 6.68. The van der Waals surface area contributed by atoms with Crippen LogP contribution in [0, 0.1) is 11.8 Å². The zero-order valence-corrected chi connectivity index (χ0v) is 9.15. The van der Waals surface area contributed by atoms with Crippen LogP contribution in [0.4, 0.5) is 0 Å². The normalized spacial score (nSPS) is 42.9. The van der Waals surface area contributed by atoms with Crippen molar-refractivity contribution in [2.75, 3.05) is 26.8 Å². The lowest BCUT2D eigenvalue weighted by atomic mass is 10.1. The van der Waals surface area contributed by atoms with Crippen LogP contribution in [0.3, 0.4) is 0 Å². The van der Waals surface area contributed by atoms with Crippen molar-refractivity contribution in [1.82, 2.24) is 4.90 Å². The van der Waals surface area contributed by atoms with Gasteiger partial charge in [-0.2, -0.15) is 0 Å². The largest absolute Gasteiger partial charge is 0.391 e. The van der Waals surface area contributed by atoms with Gasteiger partial charge >= 0.3 is 0 Å². The van der Waals surface area contributed by atoms with Crippen molar-refractivity contribution in [3.05, 3.63) is 0 Å². The lowest BCUT2D eigenvalue weighted by Crippen LogP contribution is -2.48. The van der Waals surface area contributed by atoms with Crippen LogP contribution >= 0.6 is 0 Å². The Hall–Kier alpha value is -0.120. The molecular formula is C11H21NO2. The van der Waals surface area contributed by atoms with E-state index in [1.54, 1.807) is 0 Å². The maximum absolute atomic E-state index is 9.82. The molecule has 0 radical (unpaired) electrons. The first-order valence-electron chi connectivity index (χ1n) is 5.64. The molecule has 1 aliphatic carbocycles. The molecule has 2 fully saturated rings. The molecule has 4 unspecified atom stereocenters. The molecule has 2 aliphatic rings. The van der Waals surface area contributed by atoms with Gasteiger partial charge < -0.3 is 9.84 Å². The van der Waals surface area contributed by atoms with E-state index in [2.05, 4.69) is 18.9 Å². The molecule has 0 spiro atoms. The van der Waals surface area contributed by atoms with Crippen molar-refractivity contribution in [2.24, 2.45) is 11.8 Å². The maximum atomic E-state index is 9.82. The second kappa shape index (κ2) is 4.17. The fourth-order valence-electron chi connectivity index (χ4n) is 2.29. The molecule has 0 amide bonds. The van der Waals surface area contributed by atoms with E-state index in [0.29, 0.717) is 13.2 Å². The molecule has 3 heteroatoms. The predicted molar refractivity (Wildman–Crippen MR) is 55.1 cm³/mol. The first-order valence-corrected chi connectivity index (χ1v) is 5.64. The molecule has 0 aromatic carbocycles. The molecule has 0 aromatic rings. The molecule has 1 heterocycles. The third kappa shape index (κ3) is 2.27. The third-order valence-corrected chi connectivity index (χ3v) is 3.66. The highest BCUT2D eigenvalue weighted by molar-refractivity contribution is 4.88. The summed E-state index contributed by atoms with van der Waals surface area (Å²) in [5.41, 5.74) is 0. The summed E-state index contributed by atoms with van der Waals surface area (Å²) in [4.78, 5) is 2.28. The highest BCUT2D eigenvalue weighted by Crippen LogP contribution is 2.38. The standard InChI is InChI=1S/C11H21NO2/c1-8-5-9(8)6-12(2)10-7-14-4-3-11(10)13/h8-11,13H,3-7H2,1-2H3. The number of hydrogen-bond donors (Lipinski definition) is 1. The van der Waals surface area contributed by atoms with E-state index in [4.69, 9.17) is 4.74 Å². The van der Waals surface area contributed by atoms with Crippen LogP contribution in [0.2, 0.25) is 0 Å². The van der Waals surface area contributed by atoms with Crippen LogP contribution in [-0.2, 0) is 4.74 Å². The van der Waals surface area contributed by atoms with Gasteiger partial charge in [0, 0.05) is 13.2 Å². The second-order valence-electron chi connectivity index (χ2n) is 4.91. The van der Waals surface area contributed by atoms with E-state index in [-0.39, 0.29) is 12.1 Å². The quantitative estimate of drug-likeness (QED) is 0.727. The average Bonchev–Trinajstić information content (AvgIpc) is 2.82. The highest BCUT2D eigenvalue weighted by Gasteiger charge is 2.36. The molecule has 2 rings (SSSR count). The molecule has 0 bridgehead atoms. The van der Waals surface area contributed by atoms with E-state index in [9.17, 15) is 5.11 Å². The van der Waals surface area contributed by atoms with Gasteiger partial charge in [0.2, 0.25) is 0 Å². The van der Waals surface area contributed by atoms with Crippen LogP contribution in [0.5, 0.6) is 0 Å². The minimum Gasteiger partial charge on any atom is -0.391 e. The summed E-state index contributed by atoms with van der Waals surface area (Å²) in [6.45, 7) is 4.82. The maximum Gasteiger partial charge on any atom is 0.0739 e. The Morgan fingerprint density at radius 1 is 1.50 bits per heavy atom. The fourth-order valence-corrected chi connectivity index (χ4v) is 2.29. The van der Waals surface area contributed by atoms with Crippen LogP contribution in [-0.4, -0.2) is 49.0 Å². The molecule has 1 saturated carbocycles. The van der Waals surface area contributed by atoms with Gasteiger partial charge in [-0.3, -0.25) is 4.90 Å². The fraction of sp³-hybridized carbons (Fsp3) is 1.00. The van der Waals surface area contributed by atoms with Crippen molar-refractivity contribution >= 4 is 0 Å². The number of likely N-dealkylation sites (N-methyl/N-ethyl adjacent to an activating group) is 1. The average molecular weight is 199 g/mol. The molecule has 1 N–H and O–H groups in total.